The standard InChI is InChI=1S/C14H21BrN2O2/c1-11(16(2)8-9-18)14(19)17(3)10-12-4-6-13(15)7-5-12/h4-7,11,18H,8-10H2,1-3H3. The van der Waals surface area contributed by atoms with Gasteiger partial charge < -0.3 is 10.0 Å². The molecule has 0 radical (unpaired) electrons. The van der Waals surface area contributed by atoms with Crippen LogP contribution < -0.4 is 0 Å². The number of carbonyl (C=O) groups excluding carboxylic acids is 1. The van der Waals surface area contributed by atoms with E-state index in [1.807, 2.05) is 43.1 Å². The van der Waals surface area contributed by atoms with Crippen LogP contribution in [0.5, 0.6) is 0 Å². The Bertz CT molecular complexity index is 408. The number of halogens is 1. The molecule has 0 aliphatic carbocycles. The summed E-state index contributed by atoms with van der Waals surface area (Å²) in [6.45, 7) is 3.00. The second-order valence-corrected chi connectivity index (χ2v) is 5.62. The minimum Gasteiger partial charge on any atom is -0.395 e. The second-order valence-electron chi connectivity index (χ2n) is 4.70. The fourth-order valence-electron chi connectivity index (χ4n) is 1.80. The van der Waals surface area contributed by atoms with Crippen LogP contribution in [-0.2, 0) is 11.3 Å². The highest BCUT2D eigenvalue weighted by atomic mass is 79.9. The van der Waals surface area contributed by atoms with Crippen molar-refractivity contribution in [3.8, 4) is 0 Å². The number of amides is 1. The number of nitrogens with zero attached hydrogens (tertiary/aromatic N) is 2. The van der Waals surface area contributed by atoms with E-state index in [4.69, 9.17) is 5.11 Å². The number of rotatable bonds is 6. The van der Waals surface area contributed by atoms with Gasteiger partial charge >= 0.3 is 0 Å². The predicted molar refractivity (Wildman–Crippen MR) is 79.8 cm³/mol. The summed E-state index contributed by atoms with van der Waals surface area (Å²) >= 11 is 3.39. The molecule has 1 amide bonds. The minimum atomic E-state index is -0.229. The van der Waals surface area contributed by atoms with Gasteiger partial charge in [-0.3, -0.25) is 9.69 Å². The van der Waals surface area contributed by atoms with Gasteiger partial charge in [-0.05, 0) is 31.7 Å². The molecule has 0 bridgehead atoms. The number of hydrogen-bond donors (Lipinski definition) is 1. The zero-order chi connectivity index (χ0) is 14.4. The number of likely N-dealkylation sites (N-methyl/N-ethyl adjacent to an activating group) is 2. The number of benzene rings is 1. The van der Waals surface area contributed by atoms with Crippen LogP contribution in [0.3, 0.4) is 0 Å². The predicted octanol–water partition coefficient (Wildman–Crippen LogP) is 1.72. The number of hydrogen-bond acceptors (Lipinski definition) is 3. The topological polar surface area (TPSA) is 43.8 Å². The van der Waals surface area contributed by atoms with Crippen molar-refractivity contribution in [3.05, 3.63) is 34.3 Å². The molecule has 106 valence electrons. The molecule has 1 unspecified atom stereocenters. The molecule has 1 rings (SSSR count). The lowest BCUT2D eigenvalue weighted by Crippen LogP contribution is -2.44. The number of carbonyl (C=O) groups is 1. The number of aliphatic hydroxyl groups excluding tert-OH is 1. The minimum absolute atomic E-state index is 0.0545. The van der Waals surface area contributed by atoms with E-state index in [9.17, 15) is 4.79 Å². The highest BCUT2D eigenvalue weighted by Crippen LogP contribution is 2.12. The molecule has 0 fully saturated rings. The Morgan fingerprint density at radius 3 is 2.42 bits per heavy atom. The Morgan fingerprint density at radius 1 is 1.32 bits per heavy atom. The molecule has 0 spiro atoms. The lowest BCUT2D eigenvalue weighted by molar-refractivity contribution is -0.135. The summed E-state index contributed by atoms with van der Waals surface area (Å²) in [4.78, 5) is 15.8. The van der Waals surface area contributed by atoms with Crippen molar-refractivity contribution in [2.45, 2.75) is 19.5 Å². The van der Waals surface area contributed by atoms with Gasteiger partial charge in [0.1, 0.15) is 0 Å². The van der Waals surface area contributed by atoms with Crippen LogP contribution >= 0.6 is 15.9 Å². The Balaban J connectivity index is 2.59. The fraction of sp³-hybridized carbons (Fsp3) is 0.500. The number of aliphatic hydroxyl groups is 1. The maximum absolute atomic E-state index is 12.2. The third-order valence-corrected chi connectivity index (χ3v) is 3.71. The van der Waals surface area contributed by atoms with Crippen molar-refractivity contribution >= 4 is 21.8 Å². The van der Waals surface area contributed by atoms with E-state index in [0.29, 0.717) is 13.1 Å². The summed E-state index contributed by atoms with van der Waals surface area (Å²) in [7, 11) is 3.64. The highest BCUT2D eigenvalue weighted by Gasteiger charge is 2.21. The van der Waals surface area contributed by atoms with E-state index < -0.39 is 0 Å². The van der Waals surface area contributed by atoms with Gasteiger partial charge in [0.2, 0.25) is 5.91 Å². The van der Waals surface area contributed by atoms with E-state index in [1.165, 1.54) is 0 Å². The third kappa shape index (κ3) is 4.93. The van der Waals surface area contributed by atoms with E-state index in [1.54, 1.807) is 11.9 Å². The third-order valence-electron chi connectivity index (χ3n) is 3.18. The maximum atomic E-state index is 12.2. The summed E-state index contributed by atoms with van der Waals surface area (Å²) in [6, 6.07) is 7.70. The van der Waals surface area contributed by atoms with Crippen LogP contribution in [-0.4, -0.2) is 54.1 Å². The molecule has 1 N–H and O–H groups in total. The second kappa shape index (κ2) is 7.62. The van der Waals surface area contributed by atoms with Crippen molar-refractivity contribution in [1.82, 2.24) is 9.80 Å². The first kappa shape index (κ1) is 16.1. The van der Waals surface area contributed by atoms with Crippen molar-refractivity contribution in [2.75, 3.05) is 27.2 Å². The molecule has 0 saturated carbocycles. The van der Waals surface area contributed by atoms with Gasteiger partial charge in [0, 0.05) is 24.6 Å². The molecule has 0 saturated heterocycles. The largest absolute Gasteiger partial charge is 0.395 e. The summed E-state index contributed by atoms with van der Waals surface area (Å²) in [5.74, 6) is 0.0545. The molecule has 0 aliphatic heterocycles. The molecule has 19 heavy (non-hydrogen) atoms. The molecule has 0 aromatic heterocycles. The van der Waals surface area contributed by atoms with Crippen molar-refractivity contribution in [2.24, 2.45) is 0 Å². The fourth-order valence-corrected chi connectivity index (χ4v) is 2.06. The van der Waals surface area contributed by atoms with Crippen LogP contribution in [0, 0.1) is 0 Å². The summed E-state index contributed by atoms with van der Waals surface area (Å²) in [6.07, 6.45) is 0. The normalized spacial score (nSPS) is 12.5. The first-order valence-electron chi connectivity index (χ1n) is 6.26. The van der Waals surface area contributed by atoms with Crippen molar-refractivity contribution in [1.29, 1.82) is 0 Å². The Hall–Kier alpha value is -0.910. The van der Waals surface area contributed by atoms with Gasteiger partial charge in [-0.1, -0.05) is 28.1 Å². The molecule has 0 aliphatic rings. The van der Waals surface area contributed by atoms with E-state index in [-0.39, 0.29) is 18.6 Å². The SMILES string of the molecule is CC(C(=O)N(C)Cc1ccc(Br)cc1)N(C)CCO. The highest BCUT2D eigenvalue weighted by molar-refractivity contribution is 9.10. The molecule has 1 atom stereocenters. The molecule has 1 aromatic carbocycles. The van der Waals surface area contributed by atoms with Gasteiger partial charge in [0.15, 0.2) is 0 Å². The van der Waals surface area contributed by atoms with Gasteiger partial charge in [-0.25, -0.2) is 0 Å². The summed E-state index contributed by atoms with van der Waals surface area (Å²) in [5.41, 5.74) is 1.09. The molecule has 0 heterocycles. The molecular weight excluding hydrogens is 308 g/mol. The average molecular weight is 329 g/mol. The molecule has 5 heteroatoms. The van der Waals surface area contributed by atoms with Crippen LogP contribution in [0.1, 0.15) is 12.5 Å². The van der Waals surface area contributed by atoms with Gasteiger partial charge in [0.05, 0.1) is 12.6 Å². The lowest BCUT2D eigenvalue weighted by atomic mass is 10.2. The quantitative estimate of drug-likeness (QED) is 0.864. The Labute approximate surface area is 123 Å². The van der Waals surface area contributed by atoms with E-state index >= 15 is 0 Å². The lowest BCUT2D eigenvalue weighted by Gasteiger charge is -2.27. The summed E-state index contributed by atoms with van der Waals surface area (Å²) in [5, 5.41) is 8.90. The monoisotopic (exact) mass is 328 g/mol. The molecule has 1 aromatic rings. The first-order chi connectivity index (χ1) is 8.95. The summed E-state index contributed by atoms with van der Waals surface area (Å²) < 4.78 is 1.03. The van der Waals surface area contributed by atoms with Gasteiger partial charge in [-0.15, -0.1) is 0 Å². The average Bonchev–Trinajstić information content (AvgIpc) is 2.39. The van der Waals surface area contributed by atoms with E-state index in [0.717, 1.165) is 10.0 Å². The Morgan fingerprint density at radius 2 is 1.89 bits per heavy atom. The molecule has 4 nitrogen and oxygen atoms in total. The first-order valence-corrected chi connectivity index (χ1v) is 7.05. The van der Waals surface area contributed by atoms with Crippen LogP contribution in [0.4, 0.5) is 0 Å². The maximum Gasteiger partial charge on any atom is 0.239 e. The van der Waals surface area contributed by atoms with Crippen LogP contribution in [0.25, 0.3) is 0 Å². The van der Waals surface area contributed by atoms with Crippen LogP contribution in [0.2, 0.25) is 0 Å². The zero-order valence-electron chi connectivity index (χ0n) is 11.6. The smallest absolute Gasteiger partial charge is 0.239 e. The van der Waals surface area contributed by atoms with Gasteiger partial charge in [-0.2, -0.15) is 0 Å². The van der Waals surface area contributed by atoms with E-state index in [2.05, 4.69) is 15.9 Å². The zero-order valence-corrected chi connectivity index (χ0v) is 13.2. The molecular formula is C14H21BrN2O2. The van der Waals surface area contributed by atoms with Gasteiger partial charge in [0.25, 0.3) is 0 Å². The van der Waals surface area contributed by atoms with Crippen LogP contribution in [0.15, 0.2) is 28.7 Å². The van der Waals surface area contributed by atoms with Crippen molar-refractivity contribution < 1.29 is 9.90 Å². The van der Waals surface area contributed by atoms with Crippen molar-refractivity contribution in [3.63, 3.8) is 0 Å². The Kier molecular flexibility index (Phi) is 6.48.